The number of ether oxygens (including phenoxy) is 2. The average molecular weight is 488 g/mol. The molecular weight excluding hydrogens is 454 g/mol. The van der Waals surface area contributed by atoms with Crippen LogP contribution >= 0.6 is 0 Å². The van der Waals surface area contributed by atoms with E-state index in [1.54, 1.807) is 12.3 Å². The molecule has 0 aliphatic carbocycles. The third-order valence-corrected chi connectivity index (χ3v) is 5.81. The van der Waals surface area contributed by atoms with Crippen LogP contribution in [0.2, 0.25) is 0 Å². The quantitative estimate of drug-likeness (QED) is 0.451. The van der Waals surface area contributed by atoms with Gasteiger partial charge in [-0.3, -0.25) is 14.9 Å². The van der Waals surface area contributed by atoms with Gasteiger partial charge in [-0.15, -0.1) is 0 Å². The number of rotatable bonds is 8. The molecule has 0 radical (unpaired) electrons. The van der Waals surface area contributed by atoms with Gasteiger partial charge in [-0.25, -0.2) is 4.98 Å². The van der Waals surface area contributed by atoms with E-state index in [-0.39, 0.29) is 24.5 Å². The molecule has 2 unspecified atom stereocenters. The molecule has 1 amide bonds. The molecule has 0 spiro atoms. The average Bonchev–Trinajstić information content (AvgIpc) is 2.83. The molecule has 0 saturated heterocycles. The highest BCUT2D eigenvalue weighted by atomic mass is 16.6. The van der Waals surface area contributed by atoms with Crippen LogP contribution < -0.4 is 15.4 Å². The van der Waals surface area contributed by atoms with E-state index in [1.807, 2.05) is 52.0 Å². The molecule has 0 saturated carbocycles. The fraction of sp³-hybridized carbons (Fsp3) is 0.345. The molecule has 36 heavy (non-hydrogen) atoms. The number of pyridine rings is 1. The second-order valence-electron chi connectivity index (χ2n) is 10.1. The molecule has 1 aromatic heterocycles. The smallest absolute Gasteiger partial charge is 0.324 e. The van der Waals surface area contributed by atoms with Crippen molar-refractivity contribution in [2.75, 3.05) is 11.9 Å². The van der Waals surface area contributed by atoms with Gasteiger partial charge in [0.25, 0.3) is 5.91 Å². The van der Waals surface area contributed by atoms with Crippen molar-refractivity contribution in [2.45, 2.75) is 58.2 Å². The van der Waals surface area contributed by atoms with Crippen molar-refractivity contribution >= 4 is 17.6 Å². The maximum atomic E-state index is 13.2. The highest BCUT2D eigenvalue weighted by molar-refractivity contribution is 5.94. The van der Waals surface area contributed by atoms with Gasteiger partial charge >= 0.3 is 5.97 Å². The summed E-state index contributed by atoms with van der Waals surface area (Å²) in [6.07, 6.45) is 2.85. The Bertz CT molecular complexity index is 1220. The highest BCUT2D eigenvalue weighted by Gasteiger charge is 2.28. The van der Waals surface area contributed by atoms with Crippen LogP contribution in [0.3, 0.4) is 0 Å². The van der Waals surface area contributed by atoms with Gasteiger partial charge in [0.1, 0.15) is 17.3 Å². The number of esters is 1. The number of anilines is 1. The number of fused-ring (bicyclic) bond motifs is 1. The number of nitrogens with one attached hydrogen (secondary N) is 2. The van der Waals surface area contributed by atoms with Crippen LogP contribution in [0.1, 0.15) is 56.0 Å². The van der Waals surface area contributed by atoms with Crippen LogP contribution in [-0.2, 0) is 27.2 Å². The summed E-state index contributed by atoms with van der Waals surface area (Å²) in [6.45, 7) is 7.55. The fourth-order valence-electron chi connectivity index (χ4n) is 4.15. The molecular formula is C29H33N3O4. The van der Waals surface area contributed by atoms with E-state index in [1.165, 1.54) is 11.1 Å². The van der Waals surface area contributed by atoms with E-state index in [0.29, 0.717) is 18.0 Å². The van der Waals surface area contributed by atoms with Crippen molar-refractivity contribution in [2.24, 2.45) is 0 Å². The van der Waals surface area contributed by atoms with Gasteiger partial charge in [0, 0.05) is 18.7 Å². The summed E-state index contributed by atoms with van der Waals surface area (Å²) in [6, 6.07) is 19.8. The largest absolute Gasteiger partial charge is 0.466 e. The van der Waals surface area contributed by atoms with E-state index in [0.717, 1.165) is 17.5 Å². The van der Waals surface area contributed by atoms with E-state index in [9.17, 15) is 9.59 Å². The van der Waals surface area contributed by atoms with Gasteiger partial charge in [0.2, 0.25) is 5.88 Å². The Morgan fingerprint density at radius 2 is 1.83 bits per heavy atom. The predicted molar refractivity (Wildman–Crippen MR) is 139 cm³/mol. The first-order valence-corrected chi connectivity index (χ1v) is 12.2. The Labute approximate surface area is 212 Å². The third kappa shape index (κ3) is 6.92. The van der Waals surface area contributed by atoms with Gasteiger partial charge in [-0.2, -0.15) is 0 Å². The number of nitrogens with zero attached hydrogens (tertiary/aromatic N) is 1. The van der Waals surface area contributed by atoms with Crippen molar-refractivity contribution in [3.63, 3.8) is 0 Å². The number of benzene rings is 2. The lowest BCUT2D eigenvalue weighted by Crippen LogP contribution is -2.43. The third-order valence-electron chi connectivity index (χ3n) is 5.81. The minimum absolute atomic E-state index is 0.0533. The van der Waals surface area contributed by atoms with Crippen LogP contribution in [0.25, 0.3) is 0 Å². The van der Waals surface area contributed by atoms with E-state index in [4.69, 9.17) is 9.47 Å². The maximum Gasteiger partial charge on any atom is 0.324 e. The molecule has 0 bridgehead atoms. The van der Waals surface area contributed by atoms with E-state index in [2.05, 4.69) is 45.9 Å². The van der Waals surface area contributed by atoms with Crippen LogP contribution in [0.15, 0.2) is 66.9 Å². The summed E-state index contributed by atoms with van der Waals surface area (Å²) < 4.78 is 11.1. The molecule has 7 nitrogen and oxygen atoms in total. The number of hydrogen-bond acceptors (Lipinski definition) is 6. The maximum absolute atomic E-state index is 13.2. The summed E-state index contributed by atoms with van der Waals surface area (Å²) in [5.74, 6) is -0.191. The molecule has 1 aliphatic rings. The lowest BCUT2D eigenvalue weighted by molar-refractivity contribution is -0.157. The van der Waals surface area contributed by atoms with Crippen molar-refractivity contribution in [1.29, 1.82) is 0 Å². The molecule has 2 N–H and O–H groups in total. The molecule has 1 aliphatic heterocycles. The lowest BCUT2D eigenvalue weighted by Gasteiger charge is -2.27. The molecule has 2 atom stereocenters. The monoisotopic (exact) mass is 487 g/mol. The lowest BCUT2D eigenvalue weighted by atomic mass is 9.99. The van der Waals surface area contributed by atoms with E-state index < -0.39 is 11.6 Å². The number of carbonyl (C=O) groups excluding carboxylic acids is 2. The summed E-state index contributed by atoms with van der Waals surface area (Å²) >= 11 is 0. The SMILES string of the molecule is CC(NC(Cc1cnc2c(c1)NC(=O)CO2)C(=O)OC(C)(C)C)c1cccc(Cc2ccccc2)c1. The van der Waals surface area contributed by atoms with Crippen molar-refractivity contribution in [3.8, 4) is 5.88 Å². The Balaban J connectivity index is 1.52. The molecule has 0 fully saturated rings. The van der Waals surface area contributed by atoms with Crippen LogP contribution in [0, 0.1) is 0 Å². The van der Waals surface area contributed by atoms with Crippen molar-refractivity contribution < 1.29 is 19.1 Å². The zero-order valence-corrected chi connectivity index (χ0v) is 21.2. The van der Waals surface area contributed by atoms with Gasteiger partial charge in [-0.05, 0) is 62.4 Å². The second kappa shape index (κ2) is 10.9. The van der Waals surface area contributed by atoms with Crippen molar-refractivity contribution in [1.82, 2.24) is 10.3 Å². The second-order valence-corrected chi connectivity index (χ2v) is 10.1. The van der Waals surface area contributed by atoms with Gasteiger partial charge in [0.15, 0.2) is 6.61 Å². The number of hydrogen-bond donors (Lipinski definition) is 2. The summed E-state index contributed by atoms with van der Waals surface area (Å²) in [7, 11) is 0. The molecule has 7 heteroatoms. The van der Waals surface area contributed by atoms with Gasteiger partial charge in [0.05, 0.1) is 0 Å². The number of aromatic nitrogens is 1. The first kappa shape index (κ1) is 25.4. The standard InChI is InChI=1S/C29H33N3O4/c1-19(23-12-8-11-21(14-23)13-20-9-6-5-7-10-20)31-25(28(34)36-29(2,3)4)16-22-15-24-27(30-17-22)35-18-26(33)32-24/h5-12,14-15,17,19,25,31H,13,16,18H2,1-4H3,(H,32,33). The highest BCUT2D eigenvalue weighted by Crippen LogP contribution is 2.27. The Kier molecular flexibility index (Phi) is 7.70. The van der Waals surface area contributed by atoms with Crippen LogP contribution in [0.5, 0.6) is 5.88 Å². The first-order valence-electron chi connectivity index (χ1n) is 12.2. The minimum atomic E-state index is -0.619. The summed E-state index contributed by atoms with van der Waals surface area (Å²) in [5, 5.41) is 6.23. The van der Waals surface area contributed by atoms with E-state index >= 15 is 0 Å². The number of carbonyl (C=O) groups is 2. The van der Waals surface area contributed by atoms with Gasteiger partial charge in [-0.1, -0.05) is 54.6 Å². The Morgan fingerprint density at radius 3 is 2.58 bits per heavy atom. The van der Waals surface area contributed by atoms with Gasteiger partial charge < -0.3 is 14.8 Å². The molecule has 2 heterocycles. The molecule has 2 aromatic carbocycles. The van der Waals surface area contributed by atoms with Crippen LogP contribution in [0.4, 0.5) is 5.69 Å². The molecule has 188 valence electrons. The predicted octanol–water partition coefficient (Wildman–Crippen LogP) is 4.61. The summed E-state index contributed by atoms with van der Waals surface area (Å²) in [5.41, 5.74) is 4.21. The Morgan fingerprint density at radius 1 is 1.08 bits per heavy atom. The topological polar surface area (TPSA) is 89.5 Å². The summed E-state index contributed by atoms with van der Waals surface area (Å²) in [4.78, 5) is 29.2. The normalized spacial score (nSPS) is 14.7. The molecule has 3 aromatic rings. The zero-order chi connectivity index (χ0) is 25.7. The number of amides is 1. The Hall–Kier alpha value is -3.71. The van der Waals surface area contributed by atoms with Crippen molar-refractivity contribution in [3.05, 3.63) is 89.1 Å². The zero-order valence-electron chi connectivity index (χ0n) is 21.2. The fourth-order valence-corrected chi connectivity index (χ4v) is 4.15. The minimum Gasteiger partial charge on any atom is -0.466 e. The van der Waals surface area contributed by atoms with Crippen LogP contribution in [-0.4, -0.2) is 35.1 Å². The first-order chi connectivity index (χ1) is 17.2. The molecule has 4 rings (SSSR count).